The quantitative estimate of drug-likeness (QED) is 0.798. The normalized spacial score (nSPS) is 19.9. The Morgan fingerprint density at radius 3 is 2.00 bits per heavy atom. The van der Waals surface area contributed by atoms with Crippen LogP contribution in [0.25, 0.3) is 0 Å². The van der Waals surface area contributed by atoms with Crippen LogP contribution in [-0.2, 0) is 0 Å². The SMILES string of the molecule is CCN(CC(C)(C)C(C)(C)N)C1CCCCC1. The molecule has 0 atom stereocenters. The highest BCUT2D eigenvalue weighted by Crippen LogP contribution is 2.32. The maximum Gasteiger partial charge on any atom is 0.0161 e. The zero-order valence-electron chi connectivity index (χ0n) is 12.6. The van der Waals surface area contributed by atoms with E-state index >= 15 is 0 Å². The first-order chi connectivity index (χ1) is 7.78. The number of nitrogens with zero attached hydrogens (tertiary/aromatic N) is 1. The predicted octanol–water partition coefficient (Wildman–Crippen LogP) is 3.40. The van der Waals surface area contributed by atoms with Crippen molar-refractivity contribution in [2.75, 3.05) is 13.1 Å². The minimum atomic E-state index is -0.116. The van der Waals surface area contributed by atoms with Gasteiger partial charge in [0.05, 0.1) is 0 Å². The van der Waals surface area contributed by atoms with Gasteiger partial charge in [0.15, 0.2) is 0 Å². The monoisotopic (exact) mass is 240 g/mol. The van der Waals surface area contributed by atoms with Crippen LogP contribution in [0.2, 0.25) is 0 Å². The summed E-state index contributed by atoms with van der Waals surface area (Å²) in [5, 5.41) is 0. The summed E-state index contributed by atoms with van der Waals surface area (Å²) in [6, 6.07) is 0.801. The lowest BCUT2D eigenvalue weighted by atomic mass is 9.74. The number of hydrogen-bond acceptors (Lipinski definition) is 2. The first-order valence-corrected chi connectivity index (χ1v) is 7.31. The van der Waals surface area contributed by atoms with Gasteiger partial charge >= 0.3 is 0 Å². The van der Waals surface area contributed by atoms with Crippen LogP contribution in [0.15, 0.2) is 0 Å². The fraction of sp³-hybridized carbons (Fsp3) is 1.00. The summed E-state index contributed by atoms with van der Waals surface area (Å²) in [6.07, 6.45) is 7.02. The molecule has 0 saturated heterocycles. The molecule has 2 heteroatoms. The number of hydrogen-bond donors (Lipinski definition) is 1. The van der Waals surface area contributed by atoms with Crippen molar-refractivity contribution in [2.45, 2.75) is 78.3 Å². The van der Waals surface area contributed by atoms with E-state index in [4.69, 9.17) is 5.73 Å². The lowest BCUT2D eigenvalue weighted by Crippen LogP contribution is -2.54. The highest BCUT2D eigenvalue weighted by Gasteiger charge is 2.36. The zero-order valence-corrected chi connectivity index (χ0v) is 12.6. The van der Waals surface area contributed by atoms with Crippen molar-refractivity contribution in [3.05, 3.63) is 0 Å². The molecule has 0 amide bonds. The van der Waals surface area contributed by atoms with Gasteiger partial charge in [-0.2, -0.15) is 0 Å². The van der Waals surface area contributed by atoms with Gasteiger partial charge in [-0.15, -0.1) is 0 Å². The van der Waals surface area contributed by atoms with E-state index in [-0.39, 0.29) is 11.0 Å². The summed E-state index contributed by atoms with van der Waals surface area (Å²) < 4.78 is 0. The molecule has 2 nitrogen and oxygen atoms in total. The molecular formula is C15H32N2. The highest BCUT2D eigenvalue weighted by molar-refractivity contribution is 4.93. The van der Waals surface area contributed by atoms with E-state index in [0.717, 1.165) is 19.1 Å². The fourth-order valence-electron chi connectivity index (χ4n) is 2.66. The van der Waals surface area contributed by atoms with Gasteiger partial charge in [0.1, 0.15) is 0 Å². The first-order valence-electron chi connectivity index (χ1n) is 7.31. The van der Waals surface area contributed by atoms with Crippen LogP contribution in [0.3, 0.4) is 0 Å². The highest BCUT2D eigenvalue weighted by atomic mass is 15.2. The summed E-state index contributed by atoms with van der Waals surface area (Å²) in [6.45, 7) is 13.5. The lowest BCUT2D eigenvalue weighted by molar-refractivity contribution is 0.0718. The lowest BCUT2D eigenvalue weighted by Gasteiger charge is -2.45. The molecule has 102 valence electrons. The molecule has 0 heterocycles. The molecule has 1 fully saturated rings. The van der Waals surface area contributed by atoms with Crippen molar-refractivity contribution < 1.29 is 0 Å². The van der Waals surface area contributed by atoms with E-state index in [1.807, 2.05) is 0 Å². The molecule has 1 saturated carbocycles. The van der Waals surface area contributed by atoms with Gasteiger partial charge in [0.25, 0.3) is 0 Å². The van der Waals surface area contributed by atoms with Crippen LogP contribution in [-0.4, -0.2) is 29.6 Å². The summed E-state index contributed by atoms with van der Waals surface area (Å²) in [7, 11) is 0. The molecule has 1 aliphatic carbocycles. The molecule has 17 heavy (non-hydrogen) atoms. The summed E-state index contributed by atoms with van der Waals surface area (Å²) in [5.74, 6) is 0. The van der Waals surface area contributed by atoms with Crippen LogP contribution in [0, 0.1) is 5.41 Å². The van der Waals surface area contributed by atoms with E-state index in [2.05, 4.69) is 39.5 Å². The first kappa shape index (κ1) is 15.0. The average Bonchev–Trinajstić information content (AvgIpc) is 2.25. The second kappa shape index (κ2) is 5.71. The molecule has 0 aromatic rings. The largest absolute Gasteiger partial charge is 0.325 e. The maximum atomic E-state index is 6.32. The van der Waals surface area contributed by atoms with Crippen molar-refractivity contribution >= 4 is 0 Å². The molecule has 0 aromatic carbocycles. The number of nitrogens with two attached hydrogens (primary N) is 1. The molecule has 2 N–H and O–H groups in total. The third kappa shape index (κ3) is 3.96. The van der Waals surface area contributed by atoms with Crippen LogP contribution < -0.4 is 5.73 Å². The van der Waals surface area contributed by atoms with E-state index in [1.54, 1.807) is 0 Å². The minimum Gasteiger partial charge on any atom is -0.325 e. The molecule has 0 bridgehead atoms. The summed E-state index contributed by atoms with van der Waals surface area (Å²) in [4.78, 5) is 2.66. The minimum absolute atomic E-state index is 0.116. The maximum absolute atomic E-state index is 6.32. The molecular weight excluding hydrogens is 208 g/mol. The van der Waals surface area contributed by atoms with Gasteiger partial charge < -0.3 is 10.6 Å². The molecule has 1 aliphatic rings. The van der Waals surface area contributed by atoms with Crippen LogP contribution in [0.5, 0.6) is 0 Å². The van der Waals surface area contributed by atoms with E-state index in [9.17, 15) is 0 Å². The van der Waals surface area contributed by atoms with Crippen molar-refractivity contribution in [1.29, 1.82) is 0 Å². The summed E-state index contributed by atoms with van der Waals surface area (Å²) >= 11 is 0. The Morgan fingerprint density at radius 1 is 1.06 bits per heavy atom. The second-order valence-electron chi connectivity index (χ2n) is 6.96. The van der Waals surface area contributed by atoms with Crippen LogP contribution in [0.1, 0.15) is 66.7 Å². The van der Waals surface area contributed by atoms with Gasteiger partial charge in [0, 0.05) is 18.1 Å². The van der Waals surface area contributed by atoms with Gasteiger partial charge in [-0.1, -0.05) is 40.0 Å². The van der Waals surface area contributed by atoms with Crippen molar-refractivity contribution in [3.63, 3.8) is 0 Å². The van der Waals surface area contributed by atoms with Crippen LogP contribution in [0.4, 0.5) is 0 Å². The second-order valence-corrected chi connectivity index (χ2v) is 6.96. The molecule has 0 aromatic heterocycles. The predicted molar refractivity (Wildman–Crippen MR) is 76.2 cm³/mol. The Kier molecular flexibility index (Phi) is 5.03. The smallest absolute Gasteiger partial charge is 0.0161 e. The van der Waals surface area contributed by atoms with E-state index in [1.165, 1.54) is 32.1 Å². The van der Waals surface area contributed by atoms with Crippen molar-refractivity contribution in [1.82, 2.24) is 4.90 Å². The number of rotatable bonds is 5. The van der Waals surface area contributed by atoms with Gasteiger partial charge in [-0.3, -0.25) is 0 Å². The Bertz CT molecular complexity index is 222. The standard InChI is InChI=1S/C15H32N2/c1-6-17(13-10-8-7-9-11-13)12-14(2,3)15(4,5)16/h13H,6-12,16H2,1-5H3. The van der Waals surface area contributed by atoms with Gasteiger partial charge in [-0.05, 0) is 38.6 Å². The molecule has 0 radical (unpaired) electrons. The average molecular weight is 240 g/mol. The molecule has 0 spiro atoms. The third-order valence-corrected chi connectivity index (χ3v) is 4.84. The van der Waals surface area contributed by atoms with Crippen molar-refractivity contribution in [3.8, 4) is 0 Å². The Morgan fingerprint density at radius 2 is 1.59 bits per heavy atom. The van der Waals surface area contributed by atoms with E-state index < -0.39 is 0 Å². The Hall–Kier alpha value is -0.0800. The van der Waals surface area contributed by atoms with Gasteiger partial charge in [-0.25, -0.2) is 0 Å². The topological polar surface area (TPSA) is 29.3 Å². The van der Waals surface area contributed by atoms with Crippen LogP contribution >= 0.6 is 0 Å². The molecule has 0 aliphatic heterocycles. The Labute approximate surface area is 108 Å². The van der Waals surface area contributed by atoms with Gasteiger partial charge in [0.2, 0.25) is 0 Å². The fourth-order valence-corrected chi connectivity index (χ4v) is 2.66. The third-order valence-electron chi connectivity index (χ3n) is 4.84. The zero-order chi connectivity index (χ0) is 13.1. The van der Waals surface area contributed by atoms with Crippen molar-refractivity contribution in [2.24, 2.45) is 11.1 Å². The Balaban J connectivity index is 2.62. The van der Waals surface area contributed by atoms with E-state index in [0.29, 0.717) is 0 Å². The molecule has 0 unspecified atom stereocenters. The molecule has 1 rings (SSSR count). The summed E-state index contributed by atoms with van der Waals surface area (Å²) in [5.41, 5.74) is 6.37.